The number of benzene rings is 1. The van der Waals surface area contributed by atoms with Gasteiger partial charge in [-0.05, 0) is 17.5 Å². The monoisotopic (exact) mass is 237 g/mol. The zero-order chi connectivity index (χ0) is 12.4. The van der Waals surface area contributed by atoms with Crippen LogP contribution in [0.1, 0.15) is 11.1 Å². The van der Waals surface area contributed by atoms with Gasteiger partial charge >= 0.3 is 6.09 Å². The maximum atomic E-state index is 11.1. The molecule has 1 amide bonds. The summed E-state index contributed by atoms with van der Waals surface area (Å²) in [6, 6.07) is 6.98. The van der Waals surface area contributed by atoms with Crippen LogP contribution in [-0.2, 0) is 13.0 Å². The second kappa shape index (κ2) is 4.73. The first-order valence-electron chi connectivity index (χ1n) is 5.48. The Labute approximate surface area is 98.9 Å². The number of carbonyl (C=O) groups is 1. The highest BCUT2D eigenvalue weighted by atomic mass is 16.4. The molecule has 2 rings (SSSR count). The zero-order valence-corrected chi connectivity index (χ0v) is 9.28. The van der Waals surface area contributed by atoms with Crippen LogP contribution in [0, 0.1) is 0 Å². The van der Waals surface area contributed by atoms with Gasteiger partial charge in [0.1, 0.15) is 0 Å². The molecule has 5 nitrogen and oxygen atoms in total. The minimum atomic E-state index is -1.07. The summed E-state index contributed by atoms with van der Waals surface area (Å²) in [6.07, 6.45) is -1.68. The number of carboxylic acid groups (broad SMARTS) is 1. The van der Waals surface area contributed by atoms with E-state index in [1.54, 1.807) is 0 Å². The molecule has 0 aromatic heterocycles. The summed E-state index contributed by atoms with van der Waals surface area (Å²) in [5.41, 5.74) is 1.98. The maximum absolute atomic E-state index is 11.1. The molecular formula is C12H15NO4. The molecule has 0 fully saturated rings. The number of hydrogen-bond acceptors (Lipinski definition) is 3. The number of rotatable bonds is 2. The van der Waals surface area contributed by atoms with Crippen molar-refractivity contribution in [1.82, 2.24) is 4.90 Å². The summed E-state index contributed by atoms with van der Waals surface area (Å²) in [6.45, 7) is -0.177. The quantitative estimate of drug-likeness (QED) is 0.697. The van der Waals surface area contributed by atoms with Crippen molar-refractivity contribution in [3.8, 4) is 0 Å². The molecule has 17 heavy (non-hydrogen) atoms. The van der Waals surface area contributed by atoms with E-state index in [-0.39, 0.29) is 6.54 Å². The Morgan fingerprint density at radius 2 is 2.06 bits per heavy atom. The van der Waals surface area contributed by atoms with Crippen LogP contribution in [0.15, 0.2) is 24.3 Å². The van der Waals surface area contributed by atoms with Crippen LogP contribution in [0.4, 0.5) is 4.79 Å². The second-order valence-corrected chi connectivity index (χ2v) is 4.20. The lowest BCUT2D eigenvalue weighted by Crippen LogP contribution is -2.51. The van der Waals surface area contributed by atoms with Gasteiger partial charge in [-0.1, -0.05) is 24.3 Å². The van der Waals surface area contributed by atoms with E-state index >= 15 is 0 Å². The average molecular weight is 237 g/mol. The Morgan fingerprint density at radius 1 is 1.41 bits per heavy atom. The molecule has 1 aromatic rings. The molecule has 1 aliphatic rings. The molecule has 0 saturated carbocycles. The van der Waals surface area contributed by atoms with E-state index in [0.29, 0.717) is 6.42 Å². The molecule has 5 heteroatoms. The summed E-state index contributed by atoms with van der Waals surface area (Å²) < 4.78 is 0. The lowest BCUT2D eigenvalue weighted by molar-refractivity contribution is 0.00756. The van der Waals surface area contributed by atoms with E-state index in [1.165, 1.54) is 4.90 Å². The van der Waals surface area contributed by atoms with Gasteiger partial charge in [0.2, 0.25) is 0 Å². The van der Waals surface area contributed by atoms with Gasteiger partial charge in [0.25, 0.3) is 0 Å². The molecular weight excluding hydrogens is 222 g/mol. The number of hydrogen-bond donors (Lipinski definition) is 3. The third kappa shape index (κ3) is 2.25. The van der Waals surface area contributed by atoms with Crippen molar-refractivity contribution >= 4 is 6.09 Å². The van der Waals surface area contributed by atoms with Gasteiger partial charge in [-0.25, -0.2) is 4.79 Å². The summed E-state index contributed by atoms with van der Waals surface area (Å²) in [5.74, 6) is 0. The number of nitrogens with zero attached hydrogens (tertiary/aromatic N) is 1. The third-order valence-electron chi connectivity index (χ3n) is 3.17. The van der Waals surface area contributed by atoms with Gasteiger partial charge in [-0.15, -0.1) is 0 Å². The number of amides is 1. The Morgan fingerprint density at radius 3 is 2.65 bits per heavy atom. The fourth-order valence-corrected chi connectivity index (χ4v) is 2.22. The highest BCUT2D eigenvalue weighted by molar-refractivity contribution is 5.66. The molecule has 92 valence electrons. The number of aliphatic hydroxyl groups is 2. The van der Waals surface area contributed by atoms with Gasteiger partial charge in [-0.2, -0.15) is 0 Å². The lowest BCUT2D eigenvalue weighted by Gasteiger charge is -2.37. The van der Waals surface area contributed by atoms with Crippen LogP contribution in [0.2, 0.25) is 0 Å². The molecule has 1 unspecified atom stereocenters. The first-order chi connectivity index (χ1) is 8.13. The van der Waals surface area contributed by atoms with Gasteiger partial charge in [0.05, 0.1) is 18.8 Å². The molecule has 1 aromatic carbocycles. The molecule has 0 saturated heterocycles. The van der Waals surface area contributed by atoms with E-state index < -0.39 is 24.8 Å². The molecule has 0 radical (unpaired) electrons. The van der Waals surface area contributed by atoms with Crippen molar-refractivity contribution < 1.29 is 20.1 Å². The van der Waals surface area contributed by atoms with E-state index in [4.69, 9.17) is 10.2 Å². The third-order valence-corrected chi connectivity index (χ3v) is 3.17. The van der Waals surface area contributed by atoms with Crippen molar-refractivity contribution in [3.63, 3.8) is 0 Å². The summed E-state index contributed by atoms with van der Waals surface area (Å²) in [7, 11) is 0. The summed E-state index contributed by atoms with van der Waals surface area (Å²) in [5, 5.41) is 27.7. The topological polar surface area (TPSA) is 81.0 Å². The fourth-order valence-electron chi connectivity index (χ4n) is 2.22. The SMILES string of the molecule is O=C(O)N1Cc2ccccc2C[C@H]1C(O)CO. The van der Waals surface area contributed by atoms with Crippen LogP contribution < -0.4 is 0 Å². The molecule has 0 bridgehead atoms. The second-order valence-electron chi connectivity index (χ2n) is 4.20. The van der Waals surface area contributed by atoms with Crippen LogP contribution in [0.5, 0.6) is 0 Å². The Bertz CT molecular complexity index is 421. The first-order valence-corrected chi connectivity index (χ1v) is 5.48. The van der Waals surface area contributed by atoms with Gasteiger partial charge in [0, 0.05) is 6.54 Å². The van der Waals surface area contributed by atoms with Crippen molar-refractivity contribution in [1.29, 1.82) is 0 Å². The van der Waals surface area contributed by atoms with Crippen molar-refractivity contribution in [2.24, 2.45) is 0 Å². The molecule has 1 aliphatic heterocycles. The van der Waals surface area contributed by atoms with Gasteiger partial charge in [0.15, 0.2) is 0 Å². The zero-order valence-electron chi connectivity index (χ0n) is 9.28. The number of aliphatic hydroxyl groups excluding tert-OH is 2. The largest absolute Gasteiger partial charge is 0.465 e. The van der Waals surface area contributed by atoms with Crippen LogP contribution in [0.3, 0.4) is 0 Å². The van der Waals surface area contributed by atoms with Gasteiger partial charge in [-0.3, -0.25) is 4.90 Å². The van der Waals surface area contributed by atoms with E-state index in [1.807, 2.05) is 24.3 Å². The smallest absolute Gasteiger partial charge is 0.407 e. The highest BCUT2D eigenvalue weighted by Gasteiger charge is 2.33. The molecule has 0 spiro atoms. The highest BCUT2D eigenvalue weighted by Crippen LogP contribution is 2.25. The molecule has 1 heterocycles. The minimum Gasteiger partial charge on any atom is -0.465 e. The van der Waals surface area contributed by atoms with Crippen LogP contribution in [-0.4, -0.2) is 45.1 Å². The Balaban J connectivity index is 2.31. The lowest BCUT2D eigenvalue weighted by atomic mass is 9.91. The first kappa shape index (κ1) is 11.9. The molecule has 0 aliphatic carbocycles. The van der Waals surface area contributed by atoms with E-state index in [2.05, 4.69) is 0 Å². The standard InChI is InChI=1S/C12H15NO4/c14-7-11(15)10-5-8-3-1-2-4-9(8)6-13(10)12(16)17/h1-4,10-11,14-15H,5-7H2,(H,16,17)/t10-,11?/m0/s1. The Hall–Kier alpha value is -1.59. The number of fused-ring (bicyclic) bond motifs is 1. The maximum Gasteiger partial charge on any atom is 0.407 e. The van der Waals surface area contributed by atoms with E-state index in [9.17, 15) is 9.90 Å². The molecule has 3 N–H and O–H groups in total. The average Bonchev–Trinajstić information content (AvgIpc) is 2.36. The minimum absolute atomic E-state index is 0.257. The van der Waals surface area contributed by atoms with Crippen molar-refractivity contribution in [2.75, 3.05) is 6.61 Å². The fraction of sp³-hybridized carbons (Fsp3) is 0.417. The molecule has 2 atom stereocenters. The normalized spacial score (nSPS) is 20.8. The predicted molar refractivity (Wildman–Crippen MR) is 60.6 cm³/mol. The van der Waals surface area contributed by atoms with Gasteiger partial charge < -0.3 is 15.3 Å². The summed E-state index contributed by atoms with van der Waals surface area (Å²) in [4.78, 5) is 12.3. The predicted octanol–water partition coefficient (Wildman–Crippen LogP) is 0.444. The van der Waals surface area contributed by atoms with Crippen molar-refractivity contribution in [3.05, 3.63) is 35.4 Å². The van der Waals surface area contributed by atoms with E-state index in [0.717, 1.165) is 11.1 Å². The van der Waals surface area contributed by atoms with Crippen LogP contribution >= 0.6 is 0 Å². The van der Waals surface area contributed by atoms with Crippen LogP contribution in [0.25, 0.3) is 0 Å². The Kier molecular flexibility index (Phi) is 3.31. The van der Waals surface area contributed by atoms with Crippen molar-refractivity contribution in [2.45, 2.75) is 25.1 Å². The summed E-state index contributed by atoms with van der Waals surface area (Å²) >= 11 is 0.